The van der Waals surface area contributed by atoms with Gasteiger partial charge in [0.2, 0.25) is 0 Å². The van der Waals surface area contributed by atoms with Crippen LogP contribution in [0, 0.1) is 32.1 Å². The lowest BCUT2D eigenvalue weighted by atomic mass is 10.1. The molecule has 3 heterocycles. The third-order valence-electron chi connectivity index (χ3n) is 4.36. The van der Waals surface area contributed by atoms with E-state index >= 15 is 0 Å². The summed E-state index contributed by atoms with van der Waals surface area (Å²) in [5.74, 6) is 0.719. The van der Waals surface area contributed by atoms with Gasteiger partial charge in [-0.1, -0.05) is 0 Å². The van der Waals surface area contributed by atoms with Crippen molar-refractivity contribution in [1.29, 1.82) is 5.26 Å². The van der Waals surface area contributed by atoms with Gasteiger partial charge >= 0.3 is 0 Å². The Morgan fingerprint density at radius 3 is 2.82 bits per heavy atom. The maximum absolute atomic E-state index is 9.50. The zero-order valence-electron chi connectivity index (χ0n) is 13.2. The van der Waals surface area contributed by atoms with Crippen LogP contribution >= 0.6 is 0 Å². The van der Waals surface area contributed by atoms with E-state index in [1.54, 1.807) is 0 Å². The van der Waals surface area contributed by atoms with Crippen molar-refractivity contribution in [2.45, 2.75) is 46.2 Å². The smallest absolute Gasteiger partial charge is 0.169 e. The van der Waals surface area contributed by atoms with E-state index < -0.39 is 0 Å². The molecule has 0 aliphatic carbocycles. The van der Waals surface area contributed by atoms with Gasteiger partial charge in [0.15, 0.2) is 5.82 Å². The highest BCUT2D eigenvalue weighted by Crippen LogP contribution is 2.29. The minimum atomic E-state index is 0.308. The molecule has 1 aliphatic rings. The minimum Gasteiger partial charge on any atom is -0.349 e. The van der Waals surface area contributed by atoms with Crippen LogP contribution in [0.4, 0.5) is 5.82 Å². The van der Waals surface area contributed by atoms with Crippen LogP contribution in [-0.2, 0) is 6.54 Å². The summed E-state index contributed by atoms with van der Waals surface area (Å²) >= 11 is 0. The summed E-state index contributed by atoms with van der Waals surface area (Å²) < 4.78 is 1.97. The van der Waals surface area contributed by atoms with Crippen LogP contribution in [0.3, 0.4) is 0 Å². The van der Waals surface area contributed by atoms with Crippen molar-refractivity contribution in [2.24, 2.45) is 0 Å². The Labute approximate surface area is 130 Å². The van der Waals surface area contributed by atoms with Gasteiger partial charge in [0.1, 0.15) is 11.6 Å². The van der Waals surface area contributed by atoms with Crippen molar-refractivity contribution < 1.29 is 0 Å². The van der Waals surface area contributed by atoms with Crippen molar-refractivity contribution in [2.75, 3.05) is 11.4 Å². The quantitative estimate of drug-likeness (QED) is 0.868. The van der Waals surface area contributed by atoms with Crippen molar-refractivity contribution in [3.05, 3.63) is 34.8 Å². The standard InChI is InChI=1S/C16H20N6/c1-11-8-18-21(9-11)10-14-5-4-6-22(14)16-15(7-17)12(2)13(3)19-20-16/h8-9,14H,4-6,10H2,1-3H3/t14-/m0/s1. The number of nitriles is 1. The Morgan fingerprint density at radius 1 is 1.32 bits per heavy atom. The molecule has 2 aromatic heterocycles. The maximum Gasteiger partial charge on any atom is 0.169 e. The Kier molecular flexibility index (Phi) is 3.80. The van der Waals surface area contributed by atoms with E-state index in [1.807, 2.05) is 37.8 Å². The second-order valence-electron chi connectivity index (χ2n) is 5.95. The molecule has 22 heavy (non-hydrogen) atoms. The molecule has 2 aromatic rings. The van der Waals surface area contributed by atoms with E-state index in [0.29, 0.717) is 11.6 Å². The number of hydrogen-bond donors (Lipinski definition) is 0. The normalized spacial score (nSPS) is 17.7. The monoisotopic (exact) mass is 296 g/mol. The molecule has 0 amide bonds. The highest BCUT2D eigenvalue weighted by Gasteiger charge is 2.29. The molecule has 1 aliphatic heterocycles. The molecule has 6 nitrogen and oxygen atoms in total. The molecule has 6 heteroatoms. The molecule has 0 spiro atoms. The van der Waals surface area contributed by atoms with Gasteiger partial charge in [-0.3, -0.25) is 4.68 Å². The van der Waals surface area contributed by atoms with Gasteiger partial charge < -0.3 is 4.90 Å². The largest absolute Gasteiger partial charge is 0.349 e. The first-order valence-corrected chi connectivity index (χ1v) is 7.60. The Balaban J connectivity index is 1.90. The van der Waals surface area contributed by atoms with Crippen LogP contribution in [0.1, 0.15) is 35.2 Å². The van der Waals surface area contributed by atoms with Gasteiger partial charge in [0, 0.05) is 12.7 Å². The van der Waals surface area contributed by atoms with Crippen molar-refractivity contribution in [1.82, 2.24) is 20.0 Å². The minimum absolute atomic E-state index is 0.308. The molecular weight excluding hydrogens is 276 g/mol. The molecule has 0 saturated carbocycles. The molecule has 3 rings (SSSR count). The van der Waals surface area contributed by atoms with Gasteiger partial charge in [-0.25, -0.2) is 0 Å². The average molecular weight is 296 g/mol. The van der Waals surface area contributed by atoms with E-state index in [2.05, 4.69) is 26.3 Å². The van der Waals surface area contributed by atoms with Crippen LogP contribution in [0.25, 0.3) is 0 Å². The molecule has 1 saturated heterocycles. The summed E-state index contributed by atoms with van der Waals surface area (Å²) in [7, 11) is 0. The Morgan fingerprint density at radius 2 is 2.14 bits per heavy atom. The second kappa shape index (κ2) is 5.76. The summed E-state index contributed by atoms with van der Waals surface area (Å²) in [6, 6.07) is 2.61. The van der Waals surface area contributed by atoms with Gasteiger partial charge in [0.25, 0.3) is 0 Å². The van der Waals surface area contributed by atoms with Gasteiger partial charge in [-0.05, 0) is 44.7 Å². The summed E-state index contributed by atoms with van der Waals surface area (Å²) in [4.78, 5) is 2.22. The van der Waals surface area contributed by atoms with Crippen LogP contribution in [0.5, 0.6) is 0 Å². The fourth-order valence-electron chi connectivity index (χ4n) is 3.02. The first-order valence-electron chi connectivity index (χ1n) is 7.60. The van der Waals surface area contributed by atoms with E-state index in [0.717, 1.165) is 48.6 Å². The van der Waals surface area contributed by atoms with Gasteiger partial charge in [0.05, 0.1) is 24.5 Å². The Hall–Kier alpha value is -2.42. The zero-order valence-corrected chi connectivity index (χ0v) is 13.2. The molecule has 1 fully saturated rings. The van der Waals surface area contributed by atoms with Gasteiger partial charge in [-0.15, -0.1) is 5.10 Å². The molecule has 0 unspecified atom stereocenters. The second-order valence-corrected chi connectivity index (χ2v) is 5.95. The molecule has 0 bridgehead atoms. The van der Waals surface area contributed by atoms with E-state index in [-0.39, 0.29) is 0 Å². The van der Waals surface area contributed by atoms with E-state index in [4.69, 9.17) is 0 Å². The van der Waals surface area contributed by atoms with Crippen molar-refractivity contribution >= 4 is 5.82 Å². The number of aromatic nitrogens is 4. The van der Waals surface area contributed by atoms with Crippen LogP contribution in [0.2, 0.25) is 0 Å². The summed E-state index contributed by atoms with van der Waals surface area (Å²) in [6.45, 7) is 7.59. The average Bonchev–Trinajstić information content (AvgIpc) is 3.11. The van der Waals surface area contributed by atoms with Crippen LogP contribution in [-0.4, -0.2) is 32.6 Å². The number of hydrogen-bond acceptors (Lipinski definition) is 5. The SMILES string of the molecule is Cc1cnn(C[C@@H]2CCCN2c2nnc(C)c(C)c2C#N)c1. The van der Waals surface area contributed by atoms with Crippen LogP contribution < -0.4 is 4.90 Å². The predicted octanol–water partition coefficient (Wildman–Crippen LogP) is 2.14. The number of aryl methyl sites for hydroxylation is 2. The van der Waals surface area contributed by atoms with Gasteiger partial charge in [-0.2, -0.15) is 15.5 Å². The number of anilines is 1. The Bertz CT molecular complexity index is 727. The number of nitrogens with zero attached hydrogens (tertiary/aromatic N) is 6. The lowest BCUT2D eigenvalue weighted by molar-refractivity contribution is 0.506. The first kappa shape index (κ1) is 14.5. The van der Waals surface area contributed by atoms with Crippen molar-refractivity contribution in [3.8, 4) is 6.07 Å². The maximum atomic E-state index is 9.50. The van der Waals surface area contributed by atoms with E-state index in [9.17, 15) is 5.26 Å². The van der Waals surface area contributed by atoms with Crippen LogP contribution in [0.15, 0.2) is 12.4 Å². The highest BCUT2D eigenvalue weighted by atomic mass is 15.3. The van der Waals surface area contributed by atoms with Crippen molar-refractivity contribution in [3.63, 3.8) is 0 Å². The third-order valence-corrected chi connectivity index (χ3v) is 4.36. The predicted molar refractivity (Wildman–Crippen MR) is 83.6 cm³/mol. The summed E-state index contributed by atoms with van der Waals surface area (Å²) in [6.07, 6.45) is 6.10. The highest BCUT2D eigenvalue weighted by molar-refractivity contribution is 5.58. The zero-order chi connectivity index (χ0) is 15.7. The molecule has 1 atom stereocenters. The molecule has 0 aromatic carbocycles. The molecule has 0 radical (unpaired) electrons. The number of rotatable bonds is 3. The summed E-state index contributed by atoms with van der Waals surface area (Å²) in [5, 5.41) is 22.4. The first-order chi connectivity index (χ1) is 10.6. The fourth-order valence-corrected chi connectivity index (χ4v) is 3.02. The van der Waals surface area contributed by atoms with E-state index in [1.165, 1.54) is 0 Å². The summed E-state index contributed by atoms with van der Waals surface area (Å²) in [5.41, 5.74) is 3.55. The lowest BCUT2D eigenvalue weighted by Gasteiger charge is -2.26. The molecule has 114 valence electrons. The fraction of sp³-hybridized carbons (Fsp3) is 0.500. The lowest BCUT2D eigenvalue weighted by Crippen LogP contribution is -2.34. The molecular formula is C16H20N6. The molecule has 0 N–H and O–H groups in total. The topological polar surface area (TPSA) is 70.6 Å². The third kappa shape index (κ3) is 2.54.